The Hall–Kier alpha value is -3.61. The maximum atomic E-state index is 12.4. The molecule has 1 saturated heterocycles. The molecule has 1 amide bonds. The van der Waals surface area contributed by atoms with Crippen molar-refractivity contribution in [3.63, 3.8) is 0 Å². The van der Waals surface area contributed by atoms with Crippen LogP contribution in [0.5, 0.6) is 0 Å². The number of carbonyl (C=O) groups is 1. The predicted octanol–water partition coefficient (Wildman–Crippen LogP) is 1.27. The molecule has 3 aromatic rings. The highest BCUT2D eigenvalue weighted by Gasteiger charge is 2.22. The first kappa shape index (κ1) is 24.1. The zero-order valence-electron chi connectivity index (χ0n) is 19.7. The fourth-order valence-electron chi connectivity index (χ4n) is 4.26. The van der Waals surface area contributed by atoms with Crippen LogP contribution in [0.2, 0.25) is 0 Å². The van der Waals surface area contributed by atoms with Crippen LogP contribution in [0.4, 0.5) is 17.5 Å². The standard InChI is InChI=1S/C24H28N8O3S/c33-23-17-32-9-7-31(8-10-32)16-18-2-1-3-21(12-18)29-22-13-19(4-5-25-22)20-14-27-24(28-15-20)26-6-11-36(34,35)30-23/h1-5,12-15H,6-11,16-17H2,(H,25,29)(H,30,33)(H,26,27,28). The monoisotopic (exact) mass is 508 g/mol. The highest BCUT2D eigenvalue weighted by molar-refractivity contribution is 7.90. The third kappa shape index (κ3) is 6.33. The molecule has 7 heterocycles. The van der Waals surface area contributed by atoms with E-state index in [4.69, 9.17) is 0 Å². The topological polar surface area (TPSA) is 132 Å². The first-order valence-electron chi connectivity index (χ1n) is 11.8. The Morgan fingerprint density at radius 1 is 0.861 bits per heavy atom. The van der Waals surface area contributed by atoms with Crippen molar-refractivity contribution in [1.29, 1.82) is 0 Å². The summed E-state index contributed by atoms with van der Waals surface area (Å²) in [7, 11) is -3.77. The van der Waals surface area contributed by atoms with Crippen molar-refractivity contribution in [3.05, 3.63) is 60.6 Å². The van der Waals surface area contributed by atoms with Gasteiger partial charge in [-0.3, -0.25) is 19.3 Å². The molecule has 0 unspecified atom stereocenters. The second-order valence-electron chi connectivity index (χ2n) is 8.87. The van der Waals surface area contributed by atoms with Gasteiger partial charge < -0.3 is 10.6 Å². The number of piperazine rings is 1. The van der Waals surface area contributed by atoms with Gasteiger partial charge in [0.2, 0.25) is 21.9 Å². The molecule has 1 fully saturated rings. The second kappa shape index (κ2) is 10.6. The largest absolute Gasteiger partial charge is 0.353 e. The Bertz CT molecular complexity index is 1330. The van der Waals surface area contributed by atoms with Crippen molar-refractivity contribution >= 4 is 33.4 Å². The number of rotatable bonds is 0. The Labute approximate surface area is 210 Å². The molecular weight excluding hydrogens is 480 g/mol. The van der Waals surface area contributed by atoms with E-state index in [0.29, 0.717) is 24.9 Å². The molecule has 2 aromatic heterocycles. The van der Waals surface area contributed by atoms with Gasteiger partial charge >= 0.3 is 0 Å². The minimum absolute atomic E-state index is 0.0515. The van der Waals surface area contributed by atoms with Gasteiger partial charge in [0.25, 0.3) is 0 Å². The summed E-state index contributed by atoms with van der Waals surface area (Å²) in [6, 6.07) is 12.0. The number of hydrogen-bond donors (Lipinski definition) is 3. The van der Waals surface area contributed by atoms with Gasteiger partial charge in [-0.15, -0.1) is 0 Å². The molecule has 3 N–H and O–H groups in total. The number of benzene rings is 1. The van der Waals surface area contributed by atoms with Crippen molar-refractivity contribution in [2.45, 2.75) is 6.54 Å². The Morgan fingerprint density at radius 2 is 1.61 bits per heavy atom. The number of pyridine rings is 1. The summed E-state index contributed by atoms with van der Waals surface area (Å²) in [5.41, 5.74) is 3.82. The van der Waals surface area contributed by atoms with Crippen LogP contribution in [0.15, 0.2) is 55.0 Å². The van der Waals surface area contributed by atoms with E-state index in [-0.39, 0.29) is 18.8 Å². The molecule has 0 spiro atoms. The molecule has 11 nitrogen and oxygen atoms in total. The number of amides is 1. The van der Waals surface area contributed by atoms with E-state index in [9.17, 15) is 13.2 Å². The molecule has 8 rings (SSSR count). The van der Waals surface area contributed by atoms with E-state index >= 15 is 0 Å². The number of hydrogen-bond acceptors (Lipinski definition) is 10. The smallest absolute Gasteiger partial charge is 0.247 e. The molecule has 8 bridgehead atoms. The van der Waals surface area contributed by atoms with Gasteiger partial charge in [0.05, 0.1) is 12.3 Å². The summed E-state index contributed by atoms with van der Waals surface area (Å²) in [5, 5.41) is 6.28. The van der Waals surface area contributed by atoms with Crippen molar-refractivity contribution < 1.29 is 13.2 Å². The molecule has 5 aliphatic heterocycles. The fraction of sp³-hybridized carbons (Fsp3) is 0.333. The zero-order valence-corrected chi connectivity index (χ0v) is 20.5. The maximum Gasteiger partial charge on any atom is 0.247 e. The number of carbonyl (C=O) groups excluding carboxylic acids is 1. The Morgan fingerprint density at radius 3 is 2.39 bits per heavy atom. The van der Waals surface area contributed by atoms with Gasteiger partial charge in [0, 0.05) is 69.1 Å². The van der Waals surface area contributed by atoms with E-state index in [1.54, 1.807) is 18.6 Å². The van der Waals surface area contributed by atoms with Gasteiger partial charge in [-0.25, -0.2) is 23.4 Å². The van der Waals surface area contributed by atoms with Crippen LogP contribution in [0, 0.1) is 0 Å². The first-order chi connectivity index (χ1) is 17.4. The van der Waals surface area contributed by atoms with E-state index < -0.39 is 15.9 Å². The number of aromatic nitrogens is 3. The fourth-order valence-corrected chi connectivity index (χ4v) is 5.15. The van der Waals surface area contributed by atoms with Crippen molar-refractivity contribution in [2.75, 3.05) is 55.7 Å². The average molecular weight is 509 g/mol. The van der Waals surface area contributed by atoms with Crippen molar-refractivity contribution in [3.8, 4) is 11.1 Å². The first-order valence-corrected chi connectivity index (χ1v) is 13.4. The van der Waals surface area contributed by atoms with Crippen LogP contribution >= 0.6 is 0 Å². The normalized spacial score (nSPS) is 22.2. The number of sulfonamides is 1. The molecule has 0 atom stereocenters. The molecule has 36 heavy (non-hydrogen) atoms. The third-order valence-corrected chi connectivity index (χ3v) is 7.39. The van der Waals surface area contributed by atoms with Crippen molar-refractivity contribution in [1.82, 2.24) is 29.5 Å². The van der Waals surface area contributed by atoms with E-state index in [1.807, 2.05) is 29.2 Å². The van der Waals surface area contributed by atoms with Crippen LogP contribution in [-0.4, -0.2) is 84.1 Å². The molecule has 0 aliphatic carbocycles. The maximum absolute atomic E-state index is 12.4. The quantitative estimate of drug-likeness (QED) is 0.408. The van der Waals surface area contributed by atoms with Crippen LogP contribution < -0.4 is 15.4 Å². The lowest BCUT2D eigenvalue weighted by Gasteiger charge is -2.34. The third-order valence-electron chi connectivity index (χ3n) is 6.11. The van der Waals surface area contributed by atoms with Gasteiger partial charge in [-0.2, -0.15) is 0 Å². The lowest BCUT2D eigenvalue weighted by atomic mass is 10.1. The second-order valence-corrected chi connectivity index (χ2v) is 10.7. The summed E-state index contributed by atoms with van der Waals surface area (Å²) in [4.78, 5) is 29.7. The van der Waals surface area contributed by atoms with E-state index in [2.05, 4.69) is 47.3 Å². The molecule has 5 aliphatic rings. The predicted molar refractivity (Wildman–Crippen MR) is 137 cm³/mol. The molecule has 0 saturated carbocycles. The highest BCUT2D eigenvalue weighted by atomic mass is 32.2. The number of anilines is 3. The van der Waals surface area contributed by atoms with E-state index in [1.165, 1.54) is 5.56 Å². The molecule has 0 radical (unpaired) electrons. The van der Waals surface area contributed by atoms with Crippen molar-refractivity contribution in [2.24, 2.45) is 0 Å². The molecule has 1 aromatic carbocycles. The van der Waals surface area contributed by atoms with Gasteiger partial charge in [-0.05, 0) is 35.4 Å². The zero-order chi connectivity index (χ0) is 25.0. The highest BCUT2D eigenvalue weighted by Crippen LogP contribution is 2.23. The van der Waals surface area contributed by atoms with Crippen LogP contribution in [0.3, 0.4) is 0 Å². The summed E-state index contributed by atoms with van der Waals surface area (Å²) >= 11 is 0. The van der Waals surface area contributed by atoms with Crippen LogP contribution in [0.1, 0.15) is 5.56 Å². The summed E-state index contributed by atoms with van der Waals surface area (Å²) in [5.74, 6) is 0.230. The minimum atomic E-state index is -3.77. The summed E-state index contributed by atoms with van der Waals surface area (Å²) in [6.45, 7) is 3.88. The molecular formula is C24H28N8O3S. The number of nitrogens with one attached hydrogen (secondary N) is 3. The number of nitrogens with zero attached hydrogens (tertiary/aromatic N) is 5. The molecule has 188 valence electrons. The summed E-state index contributed by atoms with van der Waals surface area (Å²) in [6.07, 6.45) is 5.06. The SMILES string of the molecule is O=C1CN2CCN(CC2)Cc2cccc(c2)Nc2cc(ccn2)-c2cnc(nc2)NCCS(=O)(=O)N1. The lowest BCUT2D eigenvalue weighted by molar-refractivity contribution is -0.120. The van der Waals surface area contributed by atoms with Gasteiger partial charge in [-0.1, -0.05) is 12.1 Å². The average Bonchev–Trinajstić information content (AvgIpc) is 2.85. The van der Waals surface area contributed by atoms with E-state index in [0.717, 1.165) is 36.4 Å². The Kier molecular flexibility index (Phi) is 7.07. The lowest BCUT2D eigenvalue weighted by Crippen LogP contribution is -2.50. The molecule has 12 heteroatoms. The summed E-state index contributed by atoms with van der Waals surface area (Å²) < 4.78 is 26.9. The Balaban J connectivity index is 1.39. The van der Waals surface area contributed by atoms with Crippen LogP contribution in [0.25, 0.3) is 11.1 Å². The van der Waals surface area contributed by atoms with Gasteiger partial charge in [0.1, 0.15) is 5.82 Å². The minimum Gasteiger partial charge on any atom is -0.353 e. The van der Waals surface area contributed by atoms with Crippen LogP contribution in [-0.2, 0) is 21.4 Å². The van der Waals surface area contributed by atoms with Gasteiger partial charge in [0.15, 0.2) is 0 Å².